The van der Waals surface area contributed by atoms with Gasteiger partial charge in [0.1, 0.15) is 5.76 Å². The number of carbonyl (C=O) groups is 1. The summed E-state index contributed by atoms with van der Waals surface area (Å²) < 4.78 is 10.5. The van der Waals surface area contributed by atoms with Crippen molar-refractivity contribution in [1.82, 2.24) is 4.98 Å². The van der Waals surface area contributed by atoms with Crippen molar-refractivity contribution in [3.05, 3.63) is 60.5 Å². The van der Waals surface area contributed by atoms with Gasteiger partial charge >= 0.3 is 0 Å². The number of anilines is 1. The van der Waals surface area contributed by atoms with Crippen LogP contribution in [0.3, 0.4) is 0 Å². The third-order valence-corrected chi connectivity index (χ3v) is 2.95. The van der Waals surface area contributed by atoms with E-state index in [9.17, 15) is 4.79 Å². The lowest BCUT2D eigenvalue weighted by atomic mass is 10.1. The van der Waals surface area contributed by atoms with Gasteiger partial charge in [-0.3, -0.25) is 4.79 Å². The molecule has 2 aromatic heterocycles. The molecule has 3 rings (SSSR count). The molecule has 6 nitrogen and oxygen atoms in total. The van der Waals surface area contributed by atoms with E-state index in [2.05, 4.69) is 10.3 Å². The fraction of sp³-hybridized carbons (Fsp3) is 0.0667. The number of amides is 1. The van der Waals surface area contributed by atoms with Crippen LogP contribution in [0.5, 0.6) is 0 Å². The minimum Gasteiger partial charge on any atom is -0.455 e. The predicted molar refractivity (Wildman–Crippen MR) is 76.5 cm³/mol. The molecule has 3 aromatic rings. The van der Waals surface area contributed by atoms with Crippen molar-refractivity contribution in [3.63, 3.8) is 0 Å². The van der Waals surface area contributed by atoms with E-state index < -0.39 is 0 Å². The predicted octanol–water partition coefficient (Wildman–Crippen LogP) is 2.65. The number of oxazole rings is 1. The van der Waals surface area contributed by atoms with Crippen molar-refractivity contribution in [2.45, 2.75) is 6.54 Å². The zero-order valence-electron chi connectivity index (χ0n) is 11.1. The van der Waals surface area contributed by atoms with Gasteiger partial charge in [-0.15, -0.1) is 0 Å². The van der Waals surface area contributed by atoms with Gasteiger partial charge < -0.3 is 19.9 Å². The molecule has 0 unspecified atom stereocenters. The van der Waals surface area contributed by atoms with Gasteiger partial charge in [-0.2, -0.15) is 0 Å². The Morgan fingerprint density at radius 1 is 1.19 bits per heavy atom. The quantitative estimate of drug-likeness (QED) is 0.767. The minimum atomic E-state index is -0.317. The monoisotopic (exact) mass is 283 g/mol. The van der Waals surface area contributed by atoms with E-state index in [-0.39, 0.29) is 18.2 Å². The van der Waals surface area contributed by atoms with Crippen LogP contribution in [0.4, 0.5) is 5.69 Å². The standard InChI is InChI=1S/C15H13N3O3/c16-7-12-5-6-13(21-12)15(19)18-11-3-1-10(2-4-11)14-8-17-9-20-14/h1-6,8-9H,7,16H2,(H,18,19). The minimum absolute atomic E-state index is 0.231. The Bertz CT molecular complexity index is 730. The Kier molecular flexibility index (Phi) is 3.53. The molecule has 0 radical (unpaired) electrons. The SMILES string of the molecule is NCc1ccc(C(=O)Nc2ccc(-c3cnco3)cc2)o1. The maximum Gasteiger partial charge on any atom is 0.291 e. The van der Waals surface area contributed by atoms with Gasteiger partial charge in [-0.25, -0.2) is 4.98 Å². The van der Waals surface area contributed by atoms with Gasteiger partial charge in [0, 0.05) is 11.3 Å². The van der Waals surface area contributed by atoms with E-state index in [0.29, 0.717) is 17.2 Å². The molecular weight excluding hydrogens is 270 g/mol. The Hall–Kier alpha value is -2.86. The largest absolute Gasteiger partial charge is 0.455 e. The number of aromatic nitrogens is 1. The third kappa shape index (κ3) is 2.85. The number of rotatable bonds is 4. The lowest BCUT2D eigenvalue weighted by Gasteiger charge is -2.04. The second-order valence-corrected chi connectivity index (χ2v) is 4.37. The fourth-order valence-corrected chi connectivity index (χ4v) is 1.88. The molecule has 106 valence electrons. The van der Waals surface area contributed by atoms with Crippen molar-refractivity contribution in [1.29, 1.82) is 0 Å². The summed E-state index contributed by atoms with van der Waals surface area (Å²) >= 11 is 0. The van der Waals surface area contributed by atoms with Crippen LogP contribution in [0.25, 0.3) is 11.3 Å². The van der Waals surface area contributed by atoms with Gasteiger partial charge in [0.25, 0.3) is 5.91 Å². The molecule has 0 aliphatic heterocycles. The average molecular weight is 283 g/mol. The molecule has 0 spiro atoms. The van der Waals surface area contributed by atoms with Crippen LogP contribution < -0.4 is 11.1 Å². The zero-order chi connectivity index (χ0) is 14.7. The van der Waals surface area contributed by atoms with E-state index in [0.717, 1.165) is 5.56 Å². The highest BCUT2D eigenvalue weighted by atomic mass is 16.4. The van der Waals surface area contributed by atoms with E-state index in [1.807, 2.05) is 12.1 Å². The average Bonchev–Trinajstić information content (AvgIpc) is 3.19. The number of hydrogen-bond donors (Lipinski definition) is 2. The normalized spacial score (nSPS) is 10.5. The van der Waals surface area contributed by atoms with Crippen molar-refractivity contribution in [2.24, 2.45) is 5.73 Å². The highest BCUT2D eigenvalue weighted by Crippen LogP contribution is 2.21. The highest BCUT2D eigenvalue weighted by molar-refractivity contribution is 6.02. The van der Waals surface area contributed by atoms with Crippen LogP contribution in [0.15, 0.2) is 57.8 Å². The first kappa shape index (κ1) is 13.1. The zero-order valence-corrected chi connectivity index (χ0v) is 11.1. The first-order valence-electron chi connectivity index (χ1n) is 6.35. The van der Waals surface area contributed by atoms with Crippen LogP contribution in [0.1, 0.15) is 16.3 Å². The molecule has 0 aliphatic carbocycles. The van der Waals surface area contributed by atoms with Crippen molar-refractivity contribution in [3.8, 4) is 11.3 Å². The molecule has 21 heavy (non-hydrogen) atoms. The third-order valence-electron chi connectivity index (χ3n) is 2.95. The summed E-state index contributed by atoms with van der Waals surface area (Å²) in [6.07, 6.45) is 3.00. The van der Waals surface area contributed by atoms with Crippen LogP contribution in [-0.4, -0.2) is 10.9 Å². The maximum absolute atomic E-state index is 12.0. The summed E-state index contributed by atoms with van der Waals surface area (Å²) in [7, 11) is 0. The fourth-order valence-electron chi connectivity index (χ4n) is 1.88. The number of furan rings is 1. The summed E-state index contributed by atoms with van der Waals surface area (Å²) in [5.74, 6) is 1.16. The van der Waals surface area contributed by atoms with Gasteiger partial charge in [0.15, 0.2) is 17.9 Å². The molecule has 0 bridgehead atoms. The summed E-state index contributed by atoms with van der Waals surface area (Å²) in [6, 6.07) is 10.5. The van der Waals surface area contributed by atoms with Crippen LogP contribution >= 0.6 is 0 Å². The van der Waals surface area contributed by atoms with Gasteiger partial charge in [0.2, 0.25) is 0 Å². The lowest BCUT2D eigenvalue weighted by molar-refractivity contribution is 0.0995. The Balaban J connectivity index is 1.71. The smallest absolute Gasteiger partial charge is 0.291 e. The van der Waals surface area contributed by atoms with Crippen LogP contribution in [-0.2, 0) is 6.54 Å². The molecule has 0 atom stereocenters. The van der Waals surface area contributed by atoms with Crippen LogP contribution in [0, 0.1) is 0 Å². The van der Waals surface area contributed by atoms with Crippen molar-refractivity contribution in [2.75, 3.05) is 5.32 Å². The molecule has 6 heteroatoms. The molecule has 3 N–H and O–H groups in total. The molecule has 0 saturated carbocycles. The lowest BCUT2D eigenvalue weighted by Crippen LogP contribution is -2.10. The first-order valence-corrected chi connectivity index (χ1v) is 6.35. The summed E-state index contributed by atoms with van der Waals surface area (Å²) in [5, 5.41) is 2.75. The molecule has 0 saturated heterocycles. The summed E-state index contributed by atoms with van der Waals surface area (Å²) in [6.45, 7) is 0.263. The molecular formula is C15H13N3O3. The highest BCUT2D eigenvalue weighted by Gasteiger charge is 2.11. The van der Waals surface area contributed by atoms with Crippen molar-refractivity contribution < 1.29 is 13.6 Å². The molecule has 1 aromatic carbocycles. The van der Waals surface area contributed by atoms with Gasteiger partial charge in [-0.1, -0.05) is 0 Å². The molecule has 1 amide bonds. The molecule has 2 heterocycles. The van der Waals surface area contributed by atoms with E-state index in [1.54, 1.807) is 30.5 Å². The number of nitrogens with zero attached hydrogens (tertiary/aromatic N) is 1. The topological polar surface area (TPSA) is 94.3 Å². The molecule has 0 fully saturated rings. The van der Waals surface area contributed by atoms with Gasteiger partial charge in [0.05, 0.1) is 12.7 Å². The summed E-state index contributed by atoms with van der Waals surface area (Å²) in [5.41, 5.74) is 6.98. The van der Waals surface area contributed by atoms with Gasteiger partial charge in [-0.05, 0) is 36.4 Å². The Labute approximate surface area is 120 Å². The Morgan fingerprint density at radius 2 is 2.00 bits per heavy atom. The van der Waals surface area contributed by atoms with Crippen LogP contribution in [0.2, 0.25) is 0 Å². The summed E-state index contributed by atoms with van der Waals surface area (Å²) in [4.78, 5) is 15.8. The Morgan fingerprint density at radius 3 is 2.62 bits per heavy atom. The number of hydrogen-bond acceptors (Lipinski definition) is 5. The maximum atomic E-state index is 12.0. The number of nitrogens with two attached hydrogens (primary N) is 1. The first-order chi connectivity index (χ1) is 10.3. The van der Waals surface area contributed by atoms with Crippen molar-refractivity contribution >= 4 is 11.6 Å². The van der Waals surface area contributed by atoms with E-state index in [4.69, 9.17) is 14.6 Å². The number of nitrogens with one attached hydrogen (secondary N) is 1. The second-order valence-electron chi connectivity index (χ2n) is 4.37. The van der Waals surface area contributed by atoms with E-state index >= 15 is 0 Å². The van der Waals surface area contributed by atoms with E-state index in [1.165, 1.54) is 6.39 Å². The molecule has 0 aliphatic rings. The second kappa shape index (κ2) is 5.64. The number of benzene rings is 1. The number of carbonyl (C=O) groups excluding carboxylic acids is 1.